The van der Waals surface area contributed by atoms with Gasteiger partial charge >= 0.3 is 0 Å². The van der Waals surface area contributed by atoms with E-state index in [0.717, 1.165) is 17.5 Å². The minimum atomic E-state index is 0.365. The summed E-state index contributed by atoms with van der Waals surface area (Å²) < 4.78 is 5.60. The Hall–Kier alpha value is -1.71. The van der Waals surface area contributed by atoms with E-state index in [4.69, 9.17) is 10.2 Å². The van der Waals surface area contributed by atoms with E-state index in [-0.39, 0.29) is 0 Å². The van der Waals surface area contributed by atoms with Crippen LogP contribution in [0.4, 0.5) is 11.7 Å². The molecule has 0 saturated heterocycles. The van der Waals surface area contributed by atoms with Crippen molar-refractivity contribution in [1.82, 2.24) is 4.98 Å². The summed E-state index contributed by atoms with van der Waals surface area (Å²) in [5, 5.41) is 3.26. The van der Waals surface area contributed by atoms with Crippen LogP contribution in [0.1, 0.15) is 33.1 Å². The van der Waals surface area contributed by atoms with Crippen molar-refractivity contribution in [3.05, 3.63) is 18.2 Å². The van der Waals surface area contributed by atoms with Crippen molar-refractivity contribution in [2.45, 2.75) is 39.2 Å². The molecule has 3 N–H and O–H groups in total. The van der Waals surface area contributed by atoms with Crippen molar-refractivity contribution in [3.63, 3.8) is 0 Å². The van der Waals surface area contributed by atoms with Gasteiger partial charge in [0.25, 0.3) is 6.01 Å². The van der Waals surface area contributed by atoms with Crippen molar-refractivity contribution in [3.8, 4) is 0 Å². The fourth-order valence-corrected chi connectivity index (χ4v) is 1.82. The van der Waals surface area contributed by atoms with Gasteiger partial charge in [0.05, 0.1) is 5.69 Å². The molecule has 0 aliphatic rings. The van der Waals surface area contributed by atoms with Crippen LogP contribution in [0.2, 0.25) is 0 Å². The second-order valence-electron chi connectivity index (χ2n) is 4.40. The smallest absolute Gasteiger partial charge is 0.295 e. The van der Waals surface area contributed by atoms with Gasteiger partial charge in [0.1, 0.15) is 5.52 Å². The minimum Gasteiger partial charge on any atom is -0.423 e. The van der Waals surface area contributed by atoms with Gasteiger partial charge in [-0.1, -0.05) is 25.8 Å². The summed E-state index contributed by atoms with van der Waals surface area (Å²) in [6.45, 7) is 4.32. The summed E-state index contributed by atoms with van der Waals surface area (Å²) >= 11 is 0. The molecule has 0 radical (unpaired) electrons. The van der Waals surface area contributed by atoms with Gasteiger partial charge in [0.15, 0.2) is 5.58 Å². The number of nitrogen functional groups attached to an aromatic ring is 1. The minimum absolute atomic E-state index is 0.365. The number of benzene rings is 1. The maximum absolute atomic E-state index is 5.83. The second kappa shape index (κ2) is 5.08. The summed E-state index contributed by atoms with van der Waals surface area (Å²) in [5.74, 6) is 0. The van der Waals surface area contributed by atoms with E-state index >= 15 is 0 Å². The molecule has 0 aliphatic heterocycles. The Kier molecular flexibility index (Phi) is 3.52. The van der Waals surface area contributed by atoms with Gasteiger partial charge in [0, 0.05) is 6.04 Å². The average molecular weight is 233 g/mol. The first-order chi connectivity index (χ1) is 8.20. The third kappa shape index (κ3) is 2.70. The highest BCUT2D eigenvalue weighted by molar-refractivity contribution is 5.86. The Morgan fingerprint density at radius 3 is 3.00 bits per heavy atom. The molecule has 2 aromatic rings. The quantitative estimate of drug-likeness (QED) is 0.777. The zero-order chi connectivity index (χ0) is 12.3. The maximum atomic E-state index is 5.83. The van der Waals surface area contributed by atoms with Crippen LogP contribution in [-0.4, -0.2) is 11.0 Å². The van der Waals surface area contributed by atoms with E-state index in [2.05, 4.69) is 24.1 Å². The maximum Gasteiger partial charge on any atom is 0.295 e. The number of hydrogen-bond donors (Lipinski definition) is 2. The number of rotatable bonds is 5. The number of nitrogens with one attached hydrogen (secondary N) is 1. The monoisotopic (exact) mass is 233 g/mol. The molecule has 0 amide bonds. The van der Waals surface area contributed by atoms with Crippen molar-refractivity contribution < 1.29 is 4.42 Å². The Balaban J connectivity index is 2.11. The molecular weight excluding hydrogens is 214 g/mol. The number of oxazole rings is 1. The lowest BCUT2D eigenvalue weighted by Crippen LogP contribution is -2.14. The van der Waals surface area contributed by atoms with Gasteiger partial charge in [-0.15, -0.1) is 0 Å². The fourth-order valence-electron chi connectivity index (χ4n) is 1.82. The standard InChI is InChI=1S/C13H19N3O/c1-3-4-6-9(2)15-13-16-12-10(14)7-5-8-11(12)17-13/h5,7-9H,3-4,6,14H2,1-2H3,(H,15,16). The molecule has 2 rings (SSSR count). The summed E-state index contributed by atoms with van der Waals surface area (Å²) in [6.07, 6.45) is 3.52. The number of aromatic nitrogens is 1. The van der Waals surface area contributed by atoms with Crippen LogP contribution in [0.3, 0.4) is 0 Å². The Morgan fingerprint density at radius 1 is 1.47 bits per heavy atom. The van der Waals surface area contributed by atoms with Crippen LogP contribution >= 0.6 is 0 Å². The second-order valence-corrected chi connectivity index (χ2v) is 4.40. The molecule has 1 aromatic heterocycles. The molecule has 0 bridgehead atoms. The van der Waals surface area contributed by atoms with Crippen LogP contribution in [0.25, 0.3) is 11.1 Å². The van der Waals surface area contributed by atoms with E-state index in [1.165, 1.54) is 12.8 Å². The van der Waals surface area contributed by atoms with Crippen LogP contribution in [0, 0.1) is 0 Å². The molecule has 1 heterocycles. The lowest BCUT2D eigenvalue weighted by Gasteiger charge is -2.10. The van der Waals surface area contributed by atoms with Crippen molar-refractivity contribution in [2.24, 2.45) is 0 Å². The average Bonchev–Trinajstić information content (AvgIpc) is 2.70. The summed E-state index contributed by atoms with van der Waals surface area (Å²) in [5.41, 5.74) is 7.95. The zero-order valence-corrected chi connectivity index (χ0v) is 10.4. The molecule has 4 heteroatoms. The SMILES string of the molecule is CCCCC(C)Nc1nc2c(N)cccc2o1. The molecule has 1 atom stereocenters. The summed E-state index contributed by atoms with van der Waals surface area (Å²) in [4.78, 5) is 4.36. The van der Waals surface area contributed by atoms with Crippen LogP contribution in [0.5, 0.6) is 0 Å². The highest BCUT2D eigenvalue weighted by Crippen LogP contribution is 2.24. The first kappa shape index (κ1) is 11.8. The number of nitrogens with zero attached hydrogens (tertiary/aromatic N) is 1. The van der Waals surface area contributed by atoms with Gasteiger partial charge in [-0.25, -0.2) is 0 Å². The van der Waals surface area contributed by atoms with Crippen molar-refractivity contribution in [2.75, 3.05) is 11.1 Å². The normalized spacial score (nSPS) is 12.8. The van der Waals surface area contributed by atoms with Gasteiger partial charge in [-0.3, -0.25) is 0 Å². The molecule has 0 aliphatic carbocycles. The number of fused-ring (bicyclic) bond motifs is 1. The fraction of sp³-hybridized carbons (Fsp3) is 0.462. The van der Waals surface area contributed by atoms with Crippen LogP contribution in [0.15, 0.2) is 22.6 Å². The molecule has 0 fully saturated rings. The number of nitrogens with two attached hydrogens (primary N) is 1. The lowest BCUT2D eigenvalue weighted by atomic mass is 10.1. The topological polar surface area (TPSA) is 64.1 Å². The lowest BCUT2D eigenvalue weighted by molar-refractivity contribution is 0.577. The predicted octanol–water partition coefficient (Wildman–Crippen LogP) is 3.40. The van der Waals surface area contributed by atoms with Gasteiger partial charge in [-0.2, -0.15) is 4.98 Å². The first-order valence-corrected chi connectivity index (χ1v) is 6.12. The third-order valence-corrected chi connectivity index (χ3v) is 2.81. The van der Waals surface area contributed by atoms with E-state index < -0.39 is 0 Å². The Bertz CT molecular complexity index is 492. The number of hydrogen-bond acceptors (Lipinski definition) is 4. The Labute approximate surface area is 101 Å². The highest BCUT2D eigenvalue weighted by atomic mass is 16.4. The highest BCUT2D eigenvalue weighted by Gasteiger charge is 2.09. The van der Waals surface area contributed by atoms with Gasteiger partial charge < -0.3 is 15.5 Å². The molecule has 0 spiro atoms. The van der Waals surface area contributed by atoms with Gasteiger partial charge in [-0.05, 0) is 25.5 Å². The number of anilines is 2. The van der Waals surface area contributed by atoms with E-state index in [1.54, 1.807) is 0 Å². The molecular formula is C13H19N3O. The number of para-hydroxylation sites is 1. The molecule has 0 saturated carbocycles. The molecule has 4 nitrogen and oxygen atoms in total. The van der Waals surface area contributed by atoms with E-state index in [0.29, 0.717) is 17.7 Å². The summed E-state index contributed by atoms with van der Waals surface area (Å²) in [6, 6.07) is 6.49. The first-order valence-electron chi connectivity index (χ1n) is 6.12. The molecule has 1 aromatic carbocycles. The van der Waals surface area contributed by atoms with Crippen LogP contribution < -0.4 is 11.1 Å². The van der Waals surface area contributed by atoms with Crippen LogP contribution in [-0.2, 0) is 0 Å². The van der Waals surface area contributed by atoms with Crippen molar-refractivity contribution >= 4 is 22.8 Å². The predicted molar refractivity (Wildman–Crippen MR) is 71.0 cm³/mol. The van der Waals surface area contributed by atoms with E-state index in [9.17, 15) is 0 Å². The summed E-state index contributed by atoms with van der Waals surface area (Å²) in [7, 11) is 0. The zero-order valence-electron chi connectivity index (χ0n) is 10.4. The van der Waals surface area contributed by atoms with Gasteiger partial charge in [0.2, 0.25) is 0 Å². The van der Waals surface area contributed by atoms with E-state index in [1.807, 2.05) is 18.2 Å². The molecule has 17 heavy (non-hydrogen) atoms. The molecule has 1 unspecified atom stereocenters. The van der Waals surface area contributed by atoms with Crippen molar-refractivity contribution in [1.29, 1.82) is 0 Å². The Morgan fingerprint density at radius 2 is 2.29 bits per heavy atom. The third-order valence-electron chi connectivity index (χ3n) is 2.81. The molecule has 92 valence electrons. The number of unbranched alkanes of at least 4 members (excludes halogenated alkanes) is 1. The largest absolute Gasteiger partial charge is 0.423 e.